The van der Waals surface area contributed by atoms with Crippen LogP contribution in [0.15, 0.2) is 53.3 Å². The van der Waals surface area contributed by atoms with Gasteiger partial charge in [-0.2, -0.15) is 0 Å². The van der Waals surface area contributed by atoms with Crippen molar-refractivity contribution >= 4 is 50.9 Å². The molecule has 132 valence electrons. The van der Waals surface area contributed by atoms with Gasteiger partial charge in [0.25, 0.3) is 11.8 Å². The molecule has 1 aromatic heterocycles. The van der Waals surface area contributed by atoms with Crippen molar-refractivity contribution in [3.63, 3.8) is 0 Å². The lowest BCUT2D eigenvalue weighted by Gasteiger charge is -2.27. The zero-order valence-electron chi connectivity index (χ0n) is 14.1. The van der Waals surface area contributed by atoms with Crippen LogP contribution in [-0.4, -0.2) is 21.4 Å². The molecule has 27 heavy (non-hydrogen) atoms. The Morgan fingerprint density at radius 2 is 1.67 bits per heavy atom. The standard InChI is InChI=1S/C20H12ClN3O3/c1-23-16-9-10(5-8-15(16)22-20(23)27)24-18(25)12-4-2-3-11-14(21)7-6-13(17(11)12)19(24)26/h2-9H,1H3,(H,22,27). The number of carbonyl (C=O) groups is 2. The first-order valence-electron chi connectivity index (χ1n) is 8.26. The van der Waals surface area contributed by atoms with Gasteiger partial charge in [-0.25, -0.2) is 9.69 Å². The molecule has 1 aliphatic rings. The van der Waals surface area contributed by atoms with Gasteiger partial charge in [-0.05, 0) is 36.4 Å². The number of fused-ring (bicyclic) bond motifs is 1. The van der Waals surface area contributed by atoms with Crippen LogP contribution in [0.1, 0.15) is 20.7 Å². The Balaban J connectivity index is 1.77. The second-order valence-corrected chi connectivity index (χ2v) is 6.87. The van der Waals surface area contributed by atoms with Crippen molar-refractivity contribution in [1.29, 1.82) is 0 Å². The molecule has 0 bridgehead atoms. The molecule has 0 aliphatic carbocycles. The third-order valence-corrected chi connectivity index (χ3v) is 5.33. The Hall–Kier alpha value is -3.38. The number of hydrogen-bond donors (Lipinski definition) is 1. The minimum absolute atomic E-state index is 0.261. The molecule has 5 rings (SSSR count). The Kier molecular flexibility index (Phi) is 3.12. The van der Waals surface area contributed by atoms with Crippen LogP contribution in [0.3, 0.4) is 0 Å². The summed E-state index contributed by atoms with van der Waals surface area (Å²) in [5, 5.41) is 1.75. The summed E-state index contributed by atoms with van der Waals surface area (Å²) < 4.78 is 1.44. The molecule has 0 saturated heterocycles. The van der Waals surface area contributed by atoms with Gasteiger partial charge in [-0.3, -0.25) is 14.2 Å². The molecule has 1 aliphatic heterocycles. The van der Waals surface area contributed by atoms with Crippen LogP contribution in [0.25, 0.3) is 21.8 Å². The quantitative estimate of drug-likeness (QED) is 0.516. The Bertz CT molecular complexity index is 1340. The molecule has 1 N–H and O–H groups in total. The fourth-order valence-corrected chi connectivity index (χ4v) is 3.87. The maximum absolute atomic E-state index is 13.1. The summed E-state index contributed by atoms with van der Waals surface area (Å²) in [7, 11) is 1.63. The third-order valence-electron chi connectivity index (χ3n) is 5.00. The second-order valence-electron chi connectivity index (χ2n) is 6.46. The highest BCUT2D eigenvalue weighted by Gasteiger charge is 2.34. The highest BCUT2D eigenvalue weighted by Crippen LogP contribution is 2.36. The number of aryl methyl sites for hydroxylation is 1. The van der Waals surface area contributed by atoms with E-state index in [1.807, 2.05) is 0 Å². The molecule has 2 heterocycles. The van der Waals surface area contributed by atoms with Gasteiger partial charge in [-0.15, -0.1) is 0 Å². The normalized spacial score (nSPS) is 13.8. The minimum Gasteiger partial charge on any atom is -0.306 e. The number of nitrogens with one attached hydrogen (secondary N) is 1. The van der Waals surface area contributed by atoms with E-state index < -0.39 is 11.8 Å². The molecular formula is C20H12ClN3O3. The number of aromatic nitrogens is 2. The van der Waals surface area contributed by atoms with Crippen molar-refractivity contribution in [2.24, 2.45) is 7.05 Å². The van der Waals surface area contributed by atoms with Gasteiger partial charge in [0.15, 0.2) is 0 Å². The summed E-state index contributed by atoms with van der Waals surface area (Å²) in [5.41, 5.74) is 2.24. The van der Waals surface area contributed by atoms with E-state index >= 15 is 0 Å². The maximum Gasteiger partial charge on any atom is 0.326 e. The zero-order valence-corrected chi connectivity index (χ0v) is 14.9. The monoisotopic (exact) mass is 377 g/mol. The summed E-state index contributed by atoms with van der Waals surface area (Å²) in [4.78, 5) is 42.0. The zero-order chi connectivity index (χ0) is 18.9. The van der Waals surface area contributed by atoms with E-state index in [-0.39, 0.29) is 5.69 Å². The number of halogens is 1. The number of nitrogens with zero attached hydrogens (tertiary/aromatic N) is 2. The van der Waals surface area contributed by atoms with Crippen molar-refractivity contribution in [2.45, 2.75) is 0 Å². The summed E-state index contributed by atoms with van der Waals surface area (Å²) >= 11 is 6.24. The third kappa shape index (κ3) is 2.04. The number of rotatable bonds is 1. The number of imide groups is 1. The number of hydrogen-bond acceptors (Lipinski definition) is 3. The molecule has 2 amide bonds. The van der Waals surface area contributed by atoms with Crippen LogP contribution in [0.4, 0.5) is 5.69 Å². The topological polar surface area (TPSA) is 75.2 Å². The number of anilines is 1. The van der Waals surface area contributed by atoms with Gasteiger partial charge in [0.05, 0.1) is 16.7 Å². The Labute approximate surface area is 157 Å². The number of amides is 2. The predicted octanol–water partition coefficient (Wildman–Crippen LogP) is 3.47. The van der Waals surface area contributed by atoms with Gasteiger partial charge >= 0.3 is 5.69 Å². The van der Waals surface area contributed by atoms with E-state index in [1.54, 1.807) is 55.6 Å². The van der Waals surface area contributed by atoms with Crippen LogP contribution >= 0.6 is 11.6 Å². The van der Waals surface area contributed by atoms with Gasteiger partial charge in [-0.1, -0.05) is 23.7 Å². The maximum atomic E-state index is 13.1. The van der Waals surface area contributed by atoms with Crippen molar-refractivity contribution in [3.05, 3.63) is 75.2 Å². The summed E-state index contributed by atoms with van der Waals surface area (Å²) in [6, 6.07) is 13.5. The van der Waals surface area contributed by atoms with Gasteiger partial charge in [0, 0.05) is 34.0 Å². The number of benzene rings is 3. The molecule has 0 spiro atoms. The number of aromatic amines is 1. The van der Waals surface area contributed by atoms with E-state index in [1.165, 1.54) is 4.57 Å². The van der Waals surface area contributed by atoms with Crippen molar-refractivity contribution in [1.82, 2.24) is 9.55 Å². The lowest BCUT2D eigenvalue weighted by atomic mass is 9.93. The second kappa shape index (κ2) is 5.31. The average Bonchev–Trinajstić information content (AvgIpc) is 2.95. The molecule has 0 saturated carbocycles. The van der Waals surface area contributed by atoms with E-state index in [2.05, 4.69) is 4.98 Å². The van der Waals surface area contributed by atoms with E-state index in [4.69, 9.17) is 11.6 Å². The van der Waals surface area contributed by atoms with E-state index in [0.717, 1.165) is 4.90 Å². The number of imidazole rings is 1. The molecule has 0 fully saturated rings. The van der Waals surface area contributed by atoms with E-state index in [9.17, 15) is 14.4 Å². The molecule has 3 aromatic carbocycles. The van der Waals surface area contributed by atoms with Crippen LogP contribution in [-0.2, 0) is 7.05 Å². The highest BCUT2D eigenvalue weighted by molar-refractivity contribution is 6.41. The lowest BCUT2D eigenvalue weighted by Crippen LogP contribution is -2.40. The van der Waals surface area contributed by atoms with Gasteiger partial charge in [0.2, 0.25) is 0 Å². The van der Waals surface area contributed by atoms with Gasteiger partial charge in [0.1, 0.15) is 0 Å². The minimum atomic E-state index is -0.416. The smallest absolute Gasteiger partial charge is 0.306 e. The van der Waals surface area contributed by atoms with Crippen LogP contribution in [0.5, 0.6) is 0 Å². The van der Waals surface area contributed by atoms with Crippen molar-refractivity contribution < 1.29 is 9.59 Å². The molecule has 7 heteroatoms. The molecule has 0 atom stereocenters. The largest absolute Gasteiger partial charge is 0.326 e. The SMILES string of the molecule is Cn1c(=O)[nH]c2ccc(N3C(=O)c4cccc5c(Cl)ccc(c45)C3=O)cc21. The Morgan fingerprint density at radius 1 is 0.926 bits per heavy atom. The van der Waals surface area contributed by atoms with Crippen molar-refractivity contribution in [2.75, 3.05) is 4.90 Å². The average molecular weight is 378 g/mol. The first kappa shape index (κ1) is 15.8. The van der Waals surface area contributed by atoms with Crippen LogP contribution in [0.2, 0.25) is 5.02 Å². The fraction of sp³-hybridized carbons (Fsp3) is 0.0500. The Morgan fingerprint density at radius 3 is 2.44 bits per heavy atom. The van der Waals surface area contributed by atoms with Crippen molar-refractivity contribution in [3.8, 4) is 0 Å². The molecule has 0 unspecified atom stereocenters. The molecule has 6 nitrogen and oxygen atoms in total. The first-order chi connectivity index (χ1) is 13.0. The molecule has 4 aromatic rings. The van der Waals surface area contributed by atoms with Crippen LogP contribution < -0.4 is 10.6 Å². The molecule has 0 radical (unpaired) electrons. The lowest BCUT2D eigenvalue weighted by molar-refractivity contribution is 0.0893. The van der Waals surface area contributed by atoms with E-state index in [0.29, 0.717) is 43.6 Å². The molecular weight excluding hydrogens is 366 g/mol. The summed E-state index contributed by atoms with van der Waals surface area (Å²) in [6.45, 7) is 0. The summed E-state index contributed by atoms with van der Waals surface area (Å²) in [6.07, 6.45) is 0. The summed E-state index contributed by atoms with van der Waals surface area (Å²) in [5.74, 6) is -0.833. The number of carbonyl (C=O) groups excluding carboxylic acids is 2. The highest BCUT2D eigenvalue weighted by atomic mass is 35.5. The first-order valence-corrected chi connectivity index (χ1v) is 8.64. The van der Waals surface area contributed by atoms with Gasteiger partial charge < -0.3 is 4.98 Å². The van der Waals surface area contributed by atoms with Crippen LogP contribution in [0, 0.1) is 0 Å². The predicted molar refractivity (Wildman–Crippen MR) is 104 cm³/mol. The fourth-order valence-electron chi connectivity index (χ4n) is 3.65. The number of H-pyrrole nitrogens is 1.